The minimum Gasteiger partial charge on any atom is -0.506 e. The average Bonchev–Trinajstić information content (AvgIpc) is 3.13. The van der Waals surface area contributed by atoms with Crippen molar-refractivity contribution in [3.8, 4) is 17.2 Å². The SMILES string of the molecule is CC(C)=CCC[C@]1(C)C=Cc2c(O)c3c(c(CC=C(C)C)c2O1)O[C@]12C(=CC4C[C@H]1C(C)(C)O[C@@]2(C/C=C(/CO)C(=O)O)C4=O)C3=O. The van der Waals surface area contributed by atoms with Gasteiger partial charge >= 0.3 is 5.97 Å². The third-order valence-corrected chi connectivity index (χ3v) is 10.5. The van der Waals surface area contributed by atoms with Crippen LogP contribution in [0.1, 0.15) is 95.6 Å². The maximum atomic E-state index is 14.7. The molecule has 47 heavy (non-hydrogen) atoms. The van der Waals surface area contributed by atoms with Crippen LogP contribution >= 0.6 is 0 Å². The summed E-state index contributed by atoms with van der Waals surface area (Å²) in [5.74, 6) is -2.84. The van der Waals surface area contributed by atoms with Gasteiger partial charge in [0, 0.05) is 29.4 Å². The lowest BCUT2D eigenvalue weighted by atomic mass is 9.51. The summed E-state index contributed by atoms with van der Waals surface area (Å²) in [7, 11) is 0. The Bertz CT molecular complexity index is 1750. The maximum Gasteiger partial charge on any atom is 0.333 e. The molecule has 3 N–H and O–H groups in total. The summed E-state index contributed by atoms with van der Waals surface area (Å²) >= 11 is 0. The molecule has 6 aliphatic rings. The van der Waals surface area contributed by atoms with E-state index in [1.807, 2.05) is 66.7 Å². The highest BCUT2D eigenvalue weighted by Gasteiger charge is 2.81. The van der Waals surface area contributed by atoms with Gasteiger partial charge < -0.3 is 29.5 Å². The number of phenolic OH excluding ortho intramolecular Hbond substituents is 1. The van der Waals surface area contributed by atoms with E-state index in [1.54, 1.807) is 6.08 Å². The lowest BCUT2D eigenvalue weighted by Crippen LogP contribution is -2.72. The van der Waals surface area contributed by atoms with E-state index in [2.05, 4.69) is 6.08 Å². The van der Waals surface area contributed by atoms with Crippen LogP contribution in [0, 0.1) is 11.8 Å². The number of ketones is 2. The number of allylic oxidation sites excluding steroid dienone is 5. The normalized spacial score (nSPS) is 30.8. The molecule has 1 saturated heterocycles. The predicted octanol–water partition coefficient (Wildman–Crippen LogP) is 6.21. The van der Waals surface area contributed by atoms with Gasteiger partial charge in [-0.3, -0.25) is 9.59 Å². The highest BCUT2D eigenvalue weighted by molar-refractivity contribution is 6.19. The number of aliphatic hydroxyl groups is 1. The van der Waals surface area contributed by atoms with Gasteiger partial charge in [0.1, 0.15) is 28.4 Å². The second-order valence-corrected chi connectivity index (χ2v) is 14.8. The van der Waals surface area contributed by atoms with E-state index in [-0.39, 0.29) is 40.4 Å². The number of Topliss-reactive ketones (excluding diaryl/α,β-unsaturated/α-hetero) is 2. The van der Waals surface area contributed by atoms with E-state index in [0.717, 1.165) is 12.0 Å². The van der Waals surface area contributed by atoms with Crippen LogP contribution in [0.4, 0.5) is 0 Å². The van der Waals surface area contributed by atoms with E-state index < -0.39 is 52.6 Å². The largest absolute Gasteiger partial charge is 0.506 e. The second kappa shape index (κ2) is 11.1. The monoisotopic (exact) mass is 644 g/mol. The number of carboxylic acid groups (broad SMARTS) is 1. The molecule has 3 aliphatic carbocycles. The minimum absolute atomic E-state index is 0.0173. The molecule has 7 rings (SSSR count). The Morgan fingerprint density at radius 3 is 2.36 bits per heavy atom. The van der Waals surface area contributed by atoms with Crippen LogP contribution in [0.2, 0.25) is 0 Å². The molecule has 1 saturated carbocycles. The number of aromatic hydroxyl groups is 1. The summed E-state index contributed by atoms with van der Waals surface area (Å²) in [6, 6.07) is 0. The third kappa shape index (κ3) is 4.76. The van der Waals surface area contributed by atoms with Crippen molar-refractivity contribution in [1.29, 1.82) is 0 Å². The van der Waals surface area contributed by atoms with Crippen LogP contribution in [0.5, 0.6) is 17.2 Å². The van der Waals surface area contributed by atoms with Gasteiger partial charge in [0.15, 0.2) is 22.8 Å². The third-order valence-electron chi connectivity index (χ3n) is 10.5. The number of benzene rings is 1. The van der Waals surface area contributed by atoms with Gasteiger partial charge in [-0.15, -0.1) is 0 Å². The number of carbonyl (C=O) groups excluding carboxylic acids is 2. The molecule has 1 aromatic rings. The van der Waals surface area contributed by atoms with E-state index in [4.69, 9.17) is 14.2 Å². The van der Waals surface area contributed by atoms with Crippen LogP contribution in [-0.4, -0.2) is 61.9 Å². The summed E-state index contributed by atoms with van der Waals surface area (Å²) < 4.78 is 20.5. The van der Waals surface area contributed by atoms with Gasteiger partial charge in [0.05, 0.1) is 23.3 Å². The molecule has 3 heterocycles. The summed E-state index contributed by atoms with van der Waals surface area (Å²) in [5, 5.41) is 31.2. The molecule has 0 radical (unpaired) electrons. The fraction of sp³-hybridized carbons (Fsp3) is 0.500. The quantitative estimate of drug-likeness (QED) is 0.211. The highest BCUT2D eigenvalue weighted by Crippen LogP contribution is 2.68. The molecule has 1 spiro atoms. The number of aliphatic carboxylic acids is 1. The molecule has 2 fully saturated rings. The molecule has 0 amide bonds. The first-order valence-electron chi connectivity index (χ1n) is 16.3. The first kappa shape index (κ1) is 33.0. The second-order valence-electron chi connectivity index (χ2n) is 14.8. The fourth-order valence-corrected chi connectivity index (χ4v) is 8.27. The van der Waals surface area contributed by atoms with Crippen LogP contribution in [0.3, 0.4) is 0 Å². The van der Waals surface area contributed by atoms with Crippen LogP contribution in [0.25, 0.3) is 6.08 Å². The van der Waals surface area contributed by atoms with Gasteiger partial charge in [0.2, 0.25) is 0 Å². The Morgan fingerprint density at radius 2 is 1.72 bits per heavy atom. The number of hydrogen-bond donors (Lipinski definition) is 3. The smallest absolute Gasteiger partial charge is 0.333 e. The number of fused-ring (bicyclic) bond motifs is 2. The van der Waals surface area contributed by atoms with Crippen molar-refractivity contribution in [2.45, 2.75) is 103 Å². The Balaban J connectivity index is 1.59. The van der Waals surface area contributed by atoms with Crippen molar-refractivity contribution < 1.29 is 43.9 Å². The predicted molar refractivity (Wildman–Crippen MR) is 176 cm³/mol. The Kier molecular flexibility index (Phi) is 7.76. The Labute approximate surface area is 275 Å². The fourth-order valence-electron chi connectivity index (χ4n) is 8.27. The number of hydrogen-bond acceptors (Lipinski definition) is 8. The molecule has 250 valence electrons. The Hall–Kier alpha value is -3.95. The molecule has 9 heteroatoms. The lowest BCUT2D eigenvalue weighted by Gasteiger charge is -2.56. The number of aliphatic hydroxyl groups excluding tert-OH is 1. The van der Waals surface area contributed by atoms with Gasteiger partial charge in [-0.05, 0) is 86.3 Å². The summed E-state index contributed by atoms with van der Waals surface area (Å²) in [6.45, 7) is 13.0. The van der Waals surface area contributed by atoms with Crippen LogP contribution < -0.4 is 9.47 Å². The van der Waals surface area contributed by atoms with Crippen molar-refractivity contribution in [2.75, 3.05) is 6.61 Å². The Morgan fingerprint density at radius 1 is 1.02 bits per heavy atom. The standard InChI is InChI=1S/C38H44O9/c1-20(2)9-8-14-36(7)15-13-24-29(40)28-30(41)26-17-23-18-27-35(5,6)47-37(33(23)42,16-12-22(19-39)34(43)44)38(26,27)46-32(28)25(31(24)45-36)11-10-21(3)4/h9-10,12-13,15,17,23,27,39-40H,8,11,14,16,18-19H2,1-7H3,(H,43,44)/b22-12-/t23?,27-,36+,37-,38+/m0/s1. The first-order valence-corrected chi connectivity index (χ1v) is 16.3. The zero-order valence-corrected chi connectivity index (χ0v) is 28.2. The molecule has 1 unspecified atom stereocenters. The van der Waals surface area contributed by atoms with E-state index in [1.165, 1.54) is 11.6 Å². The topological polar surface area (TPSA) is 140 Å². The van der Waals surface area contributed by atoms with Crippen molar-refractivity contribution in [3.63, 3.8) is 0 Å². The van der Waals surface area contributed by atoms with Crippen molar-refractivity contribution in [3.05, 3.63) is 69.4 Å². The van der Waals surface area contributed by atoms with E-state index in [0.29, 0.717) is 36.1 Å². The van der Waals surface area contributed by atoms with Gasteiger partial charge in [-0.1, -0.05) is 35.5 Å². The summed E-state index contributed by atoms with van der Waals surface area (Å²) in [4.78, 5) is 40.9. The van der Waals surface area contributed by atoms with E-state index >= 15 is 0 Å². The van der Waals surface area contributed by atoms with E-state index in [9.17, 15) is 29.7 Å². The lowest BCUT2D eigenvalue weighted by molar-refractivity contribution is -0.171. The molecule has 0 aromatic heterocycles. The number of phenols is 1. The van der Waals surface area contributed by atoms with Gasteiger partial charge in [-0.25, -0.2) is 4.79 Å². The number of carbonyl (C=O) groups is 3. The van der Waals surface area contributed by atoms with Crippen LogP contribution in [-0.2, 0) is 20.7 Å². The minimum atomic E-state index is -1.74. The summed E-state index contributed by atoms with van der Waals surface area (Å²) in [5.41, 5.74) is -1.79. The van der Waals surface area contributed by atoms with Crippen molar-refractivity contribution in [2.24, 2.45) is 11.8 Å². The maximum absolute atomic E-state index is 14.7. The summed E-state index contributed by atoms with van der Waals surface area (Å²) in [6.07, 6.45) is 12.8. The zero-order valence-electron chi connectivity index (χ0n) is 28.2. The number of ether oxygens (including phenoxy) is 3. The highest BCUT2D eigenvalue weighted by atomic mass is 16.6. The van der Waals surface area contributed by atoms with Gasteiger partial charge in [-0.2, -0.15) is 0 Å². The number of carboxylic acids is 1. The molecular formula is C38H44O9. The molecule has 3 aliphatic heterocycles. The molecule has 9 nitrogen and oxygen atoms in total. The van der Waals surface area contributed by atoms with Crippen molar-refractivity contribution >= 4 is 23.6 Å². The van der Waals surface area contributed by atoms with Gasteiger partial charge in [0.25, 0.3) is 0 Å². The molecular weight excluding hydrogens is 600 g/mol. The molecule has 5 atom stereocenters. The number of rotatable bonds is 9. The molecule has 4 bridgehead atoms. The van der Waals surface area contributed by atoms with Crippen molar-refractivity contribution in [1.82, 2.24) is 0 Å². The van der Waals surface area contributed by atoms with Crippen LogP contribution in [0.15, 0.2) is 52.7 Å². The zero-order chi connectivity index (χ0) is 34.3. The molecule has 1 aromatic carbocycles. The first-order chi connectivity index (χ1) is 22.0. The average molecular weight is 645 g/mol.